The van der Waals surface area contributed by atoms with Gasteiger partial charge in [-0.15, -0.1) is 0 Å². The van der Waals surface area contributed by atoms with Gasteiger partial charge in [0, 0.05) is 48.3 Å². The third-order valence-corrected chi connectivity index (χ3v) is 17.4. The van der Waals surface area contributed by atoms with Gasteiger partial charge < -0.3 is 8.85 Å². The Hall–Kier alpha value is 0.777. The number of allylic oxidation sites excluding steroid dienone is 8. The Morgan fingerprint density at radius 3 is 1.23 bits per heavy atom. The van der Waals surface area contributed by atoms with Gasteiger partial charge in [-0.05, 0) is 49.1 Å². The van der Waals surface area contributed by atoms with Crippen LogP contribution in [0.15, 0.2) is 48.6 Å². The first kappa shape index (κ1) is 34.3. The Morgan fingerprint density at radius 1 is 0.615 bits per heavy atom. The minimum absolute atomic E-state index is 0.153. The molecule has 2 nitrogen and oxygen atoms in total. The van der Waals surface area contributed by atoms with Crippen molar-refractivity contribution in [2.45, 2.75) is 90.6 Å². The maximum absolute atomic E-state index is 6.91. The number of fused-ring (bicyclic) bond motifs is 2. The predicted octanol–water partition coefficient (Wildman–Crippen LogP) is 10.4. The molecule has 0 aromatic rings. The van der Waals surface area contributed by atoms with Crippen molar-refractivity contribution in [1.29, 1.82) is 0 Å². The Kier molecular flexibility index (Phi) is 12.0. The van der Waals surface area contributed by atoms with E-state index in [1.165, 1.54) is 35.5 Å². The van der Waals surface area contributed by atoms with Crippen LogP contribution in [0.5, 0.6) is 0 Å². The topological polar surface area (TPSA) is 18.5 Å². The fraction of sp³-hybridized carbons (Fsp3) is 0.438. The van der Waals surface area contributed by atoms with E-state index >= 15 is 0 Å². The van der Waals surface area contributed by atoms with E-state index in [0.29, 0.717) is 0 Å². The zero-order chi connectivity index (χ0) is 29.2. The van der Waals surface area contributed by atoms with E-state index in [-0.39, 0.29) is 10.1 Å². The Morgan fingerprint density at radius 2 is 0.923 bits per heavy atom. The van der Waals surface area contributed by atoms with E-state index in [4.69, 9.17) is 25.9 Å². The van der Waals surface area contributed by atoms with Gasteiger partial charge in [0.05, 0.1) is 12.2 Å². The van der Waals surface area contributed by atoms with E-state index in [1.54, 1.807) is 0 Å². The number of hydrogen-bond donors (Lipinski definition) is 0. The summed E-state index contributed by atoms with van der Waals surface area (Å²) in [6.45, 7) is 23.2. The van der Waals surface area contributed by atoms with Crippen LogP contribution in [0.2, 0.25) is 36.3 Å². The molecule has 0 bridgehead atoms. The fourth-order valence-electron chi connectivity index (χ4n) is 4.32. The molecule has 4 aliphatic carbocycles. The van der Waals surface area contributed by atoms with Gasteiger partial charge in [0.1, 0.15) is 0 Å². The quantitative estimate of drug-likeness (QED) is 0.250. The second kappa shape index (κ2) is 13.6. The van der Waals surface area contributed by atoms with Crippen LogP contribution in [-0.4, -0.2) is 16.6 Å². The first-order valence-electron chi connectivity index (χ1n) is 13.7. The summed E-state index contributed by atoms with van der Waals surface area (Å²) in [6.07, 6.45) is 26.0. The molecule has 0 atom stereocenters. The van der Waals surface area contributed by atoms with Crippen molar-refractivity contribution < 1.29 is 29.7 Å². The fourth-order valence-corrected chi connectivity index (χ4v) is 6.40. The van der Waals surface area contributed by atoms with Crippen LogP contribution in [0.3, 0.4) is 0 Å². The van der Waals surface area contributed by atoms with Crippen LogP contribution in [0.25, 0.3) is 0 Å². The van der Waals surface area contributed by atoms with E-state index in [0.717, 1.165) is 25.0 Å². The van der Waals surface area contributed by atoms with Gasteiger partial charge in [-0.3, -0.25) is 0 Å². The molecule has 0 N–H and O–H groups in total. The SMILES string of the molecule is CC(C)(C)[Si](C)(C)O[C]1[CH][C]2C=CC=C[C]2[C]1CC[C]1[C](O[Si](C)(C)C(C)(C)C)[CH][C]2C=CC=C[C]21.[Cl][Zr+2][Cl]. The summed E-state index contributed by atoms with van der Waals surface area (Å²) in [6, 6.07) is 0. The molecule has 0 heterocycles. The zero-order valence-corrected chi connectivity index (χ0v) is 31.2. The molecule has 0 aliphatic heterocycles. The van der Waals surface area contributed by atoms with Gasteiger partial charge in [-0.1, -0.05) is 90.2 Å². The van der Waals surface area contributed by atoms with Crippen LogP contribution in [0.4, 0.5) is 0 Å². The summed E-state index contributed by atoms with van der Waals surface area (Å²) in [7, 11) is 5.94. The first-order valence-corrected chi connectivity index (χ1v) is 25.9. The second-order valence-electron chi connectivity index (χ2n) is 13.4. The first-order chi connectivity index (χ1) is 18.0. The monoisotopic (exact) mass is 676 g/mol. The number of halogens is 2. The van der Waals surface area contributed by atoms with Gasteiger partial charge >= 0.3 is 37.9 Å². The molecule has 10 radical (unpaired) electrons. The Balaban J connectivity index is 0.00000134. The summed E-state index contributed by atoms with van der Waals surface area (Å²) in [5.74, 6) is 7.83. The molecule has 0 unspecified atom stereocenters. The summed E-state index contributed by atoms with van der Waals surface area (Å²) in [5, 5.41) is 0.305. The summed E-state index contributed by atoms with van der Waals surface area (Å²) < 4.78 is 13.8. The molecule has 4 rings (SSSR count). The van der Waals surface area contributed by atoms with Gasteiger partial charge in [0.25, 0.3) is 0 Å². The molecule has 7 heteroatoms. The van der Waals surface area contributed by atoms with Crippen LogP contribution in [0.1, 0.15) is 54.4 Å². The molecule has 2 fully saturated rings. The van der Waals surface area contributed by atoms with Crippen molar-refractivity contribution in [3.8, 4) is 0 Å². The van der Waals surface area contributed by atoms with Crippen molar-refractivity contribution in [2.24, 2.45) is 0 Å². The summed E-state index contributed by atoms with van der Waals surface area (Å²) >= 11 is -0.826. The van der Waals surface area contributed by atoms with Crippen LogP contribution >= 0.6 is 17.0 Å². The van der Waals surface area contributed by atoms with Gasteiger partial charge in [-0.2, -0.15) is 0 Å². The molecule has 4 aliphatic rings. The van der Waals surface area contributed by atoms with Crippen molar-refractivity contribution >= 4 is 33.7 Å². The van der Waals surface area contributed by atoms with Gasteiger partial charge in [0.2, 0.25) is 0 Å². The zero-order valence-electron chi connectivity index (χ0n) is 25.3. The van der Waals surface area contributed by atoms with E-state index in [2.05, 4.69) is 129 Å². The summed E-state index contributed by atoms with van der Waals surface area (Å²) in [5.41, 5.74) is 0. The summed E-state index contributed by atoms with van der Waals surface area (Å²) in [4.78, 5) is 0. The second-order valence-corrected chi connectivity index (χ2v) is 26.6. The molecule has 0 saturated heterocycles. The minimum atomic E-state index is -1.96. The third-order valence-electron chi connectivity index (χ3n) is 8.71. The average Bonchev–Trinajstić information content (AvgIpc) is 3.33. The molecule has 0 spiro atoms. The standard InChI is InChI=1S/C32H44O2Si2.2ClH.Zr/c1-31(2,3)35(7,8)33-29-21-23-15-11-13-17-25(23)27(29)19-20-28-26-18-14-12-16-24(26)22-30(28)34-36(9,10)32(4,5)6;;;/h11-18,21-22H,19-20H2,1-10H3;2*1H;/q;;;+4/p-2. The normalized spacial score (nSPS) is 22.8. The van der Waals surface area contributed by atoms with Crippen LogP contribution < -0.4 is 0 Å². The molecule has 39 heavy (non-hydrogen) atoms. The number of hydrogen-bond acceptors (Lipinski definition) is 2. The maximum atomic E-state index is 6.91. The van der Waals surface area contributed by atoms with Crippen molar-refractivity contribution in [1.82, 2.24) is 0 Å². The molecule has 0 aromatic carbocycles. The molecule has 208 valence electrons. The molecular weight excluding hydrogens is 635 g/mol. The van der Waals surface area contributed by atoms with Crippen LogP contribution in [0, 0.1) is 60.6 Å². The predicted molar refractivity (Wildman–Crippen MR) is 169 cm³/mol. The van der Waals surface area contributed by atoms with Crippen LogP contribution in [-0.2, 0) is 29.7 Å². The molecule has 0 amide bonds. The van der Waals surface area contributed by atoms with E-state index in [1.807, 2.05) is 0 Å². The van der Waals surface area contributed by atoms with Crippen molar-refractivity contribution in [2.75, 3.05) is 0 Å². The molecule has 2 saturated carbocycles. The van der Waals surface area contributed by atoms with E-state index in [9.17, 15) is 0 Å². The average molecular weight is 679 g/mol. The van der Waals surface area contributed by atoms with E-state index < -0.39 is 37.5 Å². The Bertz CT molecular complexity index is 857. The third kappa shape index (κ3) is 8.24. The molecule has 0 aromatic heterocycles. The van der Waals surface area contributed by atoms with Crippen molar-refractivity contribution in [3.05, 3.63) is 109 Å². The van der Waals surface area contributed by atoms with Crippen molar-refractivity contribution in [3.63, 3.8) is 0 Å². The number of rotatable bonds is 7. The van der Waals surface area contributed by atoms with Gasteiger partial charge in [-0.25, -0.2) is 0 Å². The molecular formula is C32H44Cl2O2Si2Zr+2. The van der Waals surface area contributed by atoms with Gasteiger partial charge in [0.15, 0.2) is 16.6 Å². The Labute approximate surface area is 261 Å².